The highest BCUT2D eigenvalue weighted by molar-refractivity contribution is 5.71. The van der Waals surface area contributed by atoms with Gasteiger partial charge in [-0.1, -0.05) is 258 Å². The van der Waals surface area contributed by atoms with Crippen molar-refractivity contribution in [3.63, 3.8) is 0 Å². The summed E-state index contributed by atoms with van der Waals surface area (Å²) in [5, 5.41) is 0. The van der Waals surface area contributed by atoms with Crippen LogP contribution in [0, 0.1) is 0 Å². The second-order valence-electron chi connectivity index (χ2n) is 18.9. The van der Waals surface area contributed by atoms with Crippen LogP contribution in [0.2, 0.25) is 0 Å². The van der Waals surface area contributed by atoms with Gasteiger partial charge in [-0.15, -0.1) is 0 Å². The van der Waals surface area contributed by atoms with Gasteiger partial charge in [0, 0.05) is 19.3 Å². The van der Waals surface area contributed by atoms with Crippen LogP contribution in [0.5, 0.6) is 0 Å². The summed E-state index contributed by atoms with van der Waals surface area (Å²) < 4.78 is 16.8. The van der Waals surface area contributed by atoms with Crippen LogP contribution in [-0.4, -0.2) is 37.2 Å². The second-order valence-corrected chi connectivity index (χ2v) is 18.9. The van der Waals surface area contributed by atoms with E-state index in [1.807, 2.05) is 0 Å². The number of carbonyl (C=O) groups excluding carboxylic acids is 3. The highest BCUT2D eigenvalue weighted by Gasteiger charge is 2.19. The molecule has 0 fully saturated rings. The second kappa shape index (κ2) is 51.8. The standard InChI is InChI=1S/C56H106O6/c1-4-7-10-13-16-19-22-24-26-27-28-29-30-32-34-37-40-43-46-49-55(58)61-52-53(51-60-54(57)48-45-42-39-36-33-21-18-15-12-9-6-3)62-56(59)50-47-44-41-38-35-31-25-23-20-17-14-11-8-5-2/h24,26,53H,4-23,25,27-52H2,1-3H3/b26-24-. The molecule has 0 aliphatic carbocycles. The predicted octanol–water partition coefficient (Wildman–Crippen LogP) is 18.2. The Balaban J connectivity index is 4.27. The molecule has 0 aliphatic rings. The van der Waals surface area contributed by atoms with Gasteiger partial charge in [0.15, 0.2) is 6.10 Å². The number of hydrogen-bond acceptors (Lipinski definition) is 6. The Labute approximate surface area is 386 Å². The van der Waals surface area contributed by atoms with Crippen LogP contribution in [0.25, 0.3) is 0 Å². The molecule has 0 aromatic carbocycles. The number of carbonyl (C=O) groups is 3. The molecule has 0 spiro atoms. The Morgan fingerprint density at radius 1 is 0.306 bits per heavy atom. The molecule has 0 saturated carbocycles. The maximum atomic E-state index is 12.8. The van der Waals surface area contributed by atoms with Crippen LogP contribution in [0.15, 0.2) is 12.2 Å². The fraction of sp³-hybridized carbons (Fsp3) is 0.911. The molecule has 0 aromatic rings. The SMILES string of the molecule is CCCCCCCC/C=C\CCCCCCCCCCCC(=O)OCC(COC(=O)CCCCCCCCCCCCC)OC(=O)CCCCCCCCCCCCCCCC. The third kappa shape index (κ3) is 49.2. The van der Waals surface area contributed by atoms with Crippen molar-refractivity contribution in [1.29, 1.82) is 0 Å². The van der Waals surface area contributed by atoms with E-state index >= 15 is 0 Å². The van der Waals surface area contributed by atoms with Crippen LogP contribution >= 0.6 is 0 Å². The Kier molecular flexibility index (Phi) is 50.2. The highest BCUT2D eigenvalue weighted by Crippen LogP contribution is 2.17. The number of allylic oxidation sites excluding steroid dienone is 2. The van der Waals surface area contributed by atoms with Gasteiger partial charge in [0.1, 0.15) is 13.2 Å². The van der Waals surface area contributed by atoms with Gasteiger partial charge in [-0.05, 0) is 44.9 Å². The molecule has 0 amide bonds. The number of esters is 3. The summed E-state index contributed by atoms with van der Waals surface area (Å²) in [6.45, 7) is 6.67. The smallest absolute Gasteiger partial charge is 0.306 e. The highest BCUT2D eigenvalue weighted by atomic mass is 16.6. The summed E-state index contributed by atoms with van der Waals surface area (Å²) in [6, 6.07) is 0. The molecule has 0 N–H and O–H groups in total. The number of hydrogen-bond donors (Lipinski definition) is 0. The fourth-order valence-corrected chi connectivity index (χ4v) is 8.32. The van der Waals surface area contributed by atoms with Crippen LogP contribution in [0.3, 0.4) is 0 Å². The fourth-order valence-electron chi connectivity index (χ4n) is 8.32. The topological polar surface area (TPSA) is 78.9 Å². The maximum Gasteiger partial charge on any atom is 0.306 e. The van der Waals surface area contributed by atoms with E-state index in [9.17, 15) is 14.4 Å². The van der Waals surface area contributed by atoms with E-state index in [4.69, 9.17) is 14.2 Å². The molecule has 0 aromatic heterocycles. The van der Waals surface area contributed by atoms with Crippen molar-refractivity contribution in [3.8, 4) is 0 Å². The first-order chi connectivity index (χ1) is 30.5. The number of rotatable bonds is 51. The lowest BCUT2D eigenvalue weighted by molar-refractivity contribution is -0.167. The predicted molar refractivity (Wildman–Crippen MR) is 266 cm³/mol. The van der Waals surface area contributed by atoms with Gasteiger partial charge in [-0.3, -0.25) is 14.4 Å². The zero-order valence-electron chi connectivity index (χ0n) is 41.9. The molecule has 0 rings (SSSR count). The van der Waals surface area contributed by atoms with Gasteiger partial charge in [0.2, 0.25) is 0 Å². The monoisotopic (exact) mass is 875 g/mol. The van der Waals surface area contributed by atoms with Crippen molar-refractivity contribution >= 4 is 17.9 Å². The van der Waals surface area contributed by atoms with E-state index in [1.54, 1.807) is 0 Å². The van der Waals surface area contributed by atoms with Gasteiger partial charge >= 0.3 is 17.9 Å². The third-order valence-electron chi connectivity index (χ3n) is 12.5. The molecule has 6 nitrogen and oxygen atoms in total. The Bertz CT molecular complexity index is 962. The van der Waals surface area contributed by atoms with Gasteiger partial charge in [-0.25, -0.2) is 0 Å². The average molecular weight is 875 g/mol. The van der Waals surface area contributed by atoms with Gasteiger partial charge in [0.25, 0.3) is 0 Å². The summed E-state index contributed by atoms with van der Waals surface area (Å²) in [4.78, 5) is 38.0. The van der Waals surface area contributed by atoms with Gasteiger partial charge in [0.05, 0.1) is 0 Å². The van der Waals surface area contributed by atoms with E-state index in [2.05, 4.69) is 32.9 Å². The first kappa shape index (κ1) is 60.2. The van der Waals surface area contributed by atoms with Crippen molar-refractivity contribution in [1.82, 2.24) is 0 Å². The molecule has 0 saturated heterocycles. The summed E-state index contributed by atoms with van der Waals surface area (Å²) >= 11 is 0. The van der Waals surface area contributed by atoms with E-state index in [-0.39, 0.29) is 31.1 Å². The van der Waals surface area contributed by atoms with E-state index in [1.165, 1.54) is 212 Å². The normalized spacial score (nSPS) is 12.0. The lowest BCUT2D eigenvalue weighted by Gasteiger charge is -2.18. The molecule has 1 unspecified atom stereocenters. The molecule has 62 heavy (non-hydrogen) atoms. The third-order valence-corrected chi connectivity index (χ3v) is 12.5. The van der Waals surface area contributed by atoms with E-state index < -0.39 is 6.10 Å². The molecule has 0 aliphatic heterocycles. The largest absolute Gasteiger partial charge is 0.462 e. The minimum Gasteiger partial charge on any atom is -0.462 e. The Hall–Kier alpha value is -1.85. The van der Waals surface area contributed by atoms with Crippen molar-refractivity contribution in [2.45, 2.75) is 316 Å². The molecule has 0 radical (unpaired) electrons. The first-order valence-corrected chi connectivity index (χ1v) is 27.7. The summed E-state index contributed by atoms with van der Waals surface area (Å²) in [7, 11) is 0. The van der Waals surface area contributed by atoms with Crippen LogP contribution in [-0.2, 0) is 28.6 Å². The average Bonchev–Trinajstić information content (AvgIpc) is 3.27. The van der Waals surface area contributed by atoms with Crippen LogP contribution in [0.4, 0.5) is 0 Å². The first-order valence-electron chi connectivity index (χ1n) is 27.7. The number of unbranched alkanes of at least 4 members (excludes halogenated alkanes) is 38. The molecule has 6 heteroatoms. The van der Waals surface area contributed by atoms with Crippen LogP contribution in [0.1, 0.15) is 310 Å². The van der Waals surface area contributed by atoms with Crippen LogP contribution < -0.4 is 0 Å². The molecular formula is C56H106O6. The lowest BCUT2D eigenvalue weighted by atomic mass is 10.0. The minimum absolute atomic E-state index is 0.0649. The zero-order chi connectivity index (χ0) is 45.1. The Morgan fingerprint density at radius 3 is 0.806 bits per heavy atom. The quantitative estimate of drug-likeness (QED) is 0.0262. The van der Waals surface area contributed by atoms with Crippen molar-refractivity contribution in [3.05, 3.63) is 12.2 Å². The van der Waals surface area contributed by atoms with E-state index in [0.29, 0.717) is 19.3 Å². The summed E-state index contributed by atoms with van der Waals surface area (Å²) in [5.41, 5.74) is 0. The molecule has 0 bridgehead atoms. The van der Waals surface area contributed by atoms with E-state index in [0.717, 1.165) is 57.8 Å². The van der Waals surface area contributed by atoms with Gasteiger partial charge in [-0.2, -0.15) is 0 Å². The molecule has 366 valence electrons. The minimum atomic E-state index is -0.763. The zero-order valence-corrected chi connectivity index (χ0v) is 41.9. The molecular weight excluding hydrogens is 769 g/mol. The van der Waals surface area contributed by atoms with Gasteiger partial charge < -0.3 is 14.2 Å². The lowest BCUT2D eigenvalue weighted by Crippen LogP contribution is -2.30. The molecule has 1 atom stereocenters. The Morgan fingerprint density at radius 2 is 0.532 bits per heavy atom. The number of ether oxygens (including phenoxy) is 3. The van der Waals surface area contributed by atoms with Crippen molar-refractivity contribution < 1.29 is 28.6 Å². The summed E-state index contributed by atoms with van der Waals surface area (Å²) in [5.74, 6) is -0.847. The van der Waals surface area contributed by atoms with Crippen molar-refractivity contribution in [2.24, 2.45) is 0 Å². The summed E-state index contributed by atoms with van der Waals surface area (Å²) in [6.07, 6.45) is 57.7. The maximum absolute atomic E-state index is 12.8. The molecule has 0 heterocycles. The van der Waals surface area contributed by atoms with Crippen molar-refractivity contribution in [2.75, 3.05) is 13.2 Å².